The Bertz CT molecular complexity index is 722. The maximum absolute atomic E-state index is 5.77. The van der Waals surface area contributed by atoms with E-state index in [-0.39, 0.29) is 0 Å². The average molecular weight is 281 g/mol. The summed E-state index contributed by atoms with van der Waals surface area (Å²) in [6, 6.07) is 11.4. The first-order valence-corrected chi connectivity index (χ1v) is 6.53. The maximum Gasteiger partial charge on any atom is 0.119 e. The number of benzene rings is 1. The predicted octanol–water partition coefficient (Wildman–Crippen LogP) is 1.80. The fourth-order valence-electron chi connectivity index (χ4n) is 2.15. The molecule has 106 valence electrons. The summed E-state index contributed by atoms with van der Waals surface area (Å²) >= 11 is 0. The fourth-order valence-corrected chi connectivity index (χ4v) is 2.15. The van der Waals surface area contributed by atoms with Crippen LogP contribution in [0, 0.1) is 0 Å². The summed E-state index contributed by atoms with van der Waals surface area (Å²) in [7, 11) is 1.64. The van der Waals surface area contributed by atoms with E-state index in [0.29, 0.717) is 6.54 Å². The van der Waals surface area contributed by atoms with Crippen LogP contribution in [0.4, 0.5) is 0 Å². The lowest BCUT2D eigenvalue weighted by molar-refractivity contribution is 0.414. The van der Waals surface area contributed by atoms with Crippen LogP contribution in [0.25, 0.3) is 16.9 Å². The second-order valence-corrected chi connectivity index (χ2v) is 4.44. The number of nitrogens with zero attached hydrogens (tertiary/aromatic N) is 4. The minimum Gasteiger partial charge on any atom is -0.497 e. The smallest absolute Gasteiger partial charge is 0.119 e. The van der Waals surface area contributed by atoms with Crippen LogP contribution in [0.2, 0.25) is 0 Å². The summed E-state index contributed by atoms with van der Waals surface area (Å²) in [5, 5.41) is 8.37. The third kappa shape index (κ3) is 2.48. The van der Waals surface area contributed by atoms with E-state index in [1.54, 1.807) is 24.2 Å². The van der Waals surface area contributed by atoms with Gasteiger partial charge in [-0.3, -0.25) is 4.98 Å². The lowest BCUT2D eigenvalue weighted by Crippen LogP contribution is -2.02. The molecule has 3 aromatic rings. The highest BCUT2D eigenvalue weighted by molar-refractivity contribution is 5.63. The van der Waals surface area contributed by atoms with Gasteiger partial charge in [0.05, 0.1) is 12.8 Å². The van der Waals surface area contributed by atoms with Gasteiger partial charge in [-0.05, 0) is 36.4 Å². The first-order valence-electron chi connectivity index (χ1n) is 6.53. The van der Waals surface area contributed by atoms with E-state index >= 15 is 0 Å². The summed E-state index contributed by atoms with van der Waals surface area (Å²) in [5.74, 6) is 0.792. The average Bonchev–Trinajstić information content (AvgIpc) is 2.99. The highest BCUT2D eigenvalue weighted by Crippen LogP contribution is 2.25. The number of pyridine rings is 1. The lowest BCUT2D eigenvalue weighted by Gasteiger charge is -2.08. The van der Waals surface area contributed by atoms with E-state index < -0.39 is 0 Å². The molecule has 3 rings (SSSR count). The Hall–Kier alpha value is -2.73. The molecule has 0 saturated carbocycles. The highest BCUT2D eigenvalue weighted by atomic mass is 16.5. The van der Waals surface area contributed by atoms with Gasteiger partial charge in [0.25, 0.3) is 0 Å². The molecule has 0 radical (unpaired) electrons. The van der Waals surface area contributed by atoms with Gasteiger partial charge in [-0.1, -0.05) is 5.21 Å². The van der Waals surface area contributed by atoms with Crippen LogP contribution >= 0.6 is 0 Å². The monoisotopic (exact) mass is 281 g/mol. The van der Waals surface area contributed by atoms with Crippen LogP contribution in [0.3, 0.4) is 0 Å². The fraction of sp³-hybridized carbons (Fsp3) is 0.133. The van der Waals surface area contributed by atoms with Crippen molar-refractivity contribution in [3.8, 4) is 22.7 Å². The van der Waals surface area contributed by atoms with Crippen LogP contribution in [0.5, 0.6) is 5.75 Å². The van der Waals surface area contributed by atoms with Gasteiger partial charge >= 0.3 is 0 Å². The summed E-state index contributed by atoms with van der Waals surface area (Å²) in [5.41, 5.74) is 9.18. The molecule has 0 bridgehead atoms. The number of methoxy groups -OCH3 is 1. The Labute approximate surface area is 122 Å². The van der Waals surface area contributed by atoms with Gasteiger partial charge in [0, 0.05) is 24.5 Å². The van der Waals surface area contributed by atoms with Gasteiger partial charge in [0.15, 0.2) is 0 Å². The quantitative estimate of drug-likeness (QED) is 0.788. The molecule has 6 nitrogen and oxygen atoms in total. The Morgan fingerprint density at radius 3 is 2.62 bits per heavy atom. The van der Waals surface area contributed by atoms with Crippen molar-refractivity contribution in [1.82, 2.24) is 20.0 Å². The molecule has 1 aromatic carbocycles. The molecule has 0 aliphatic rings. The zero-order valence-electron chi connectivity index (χ0n) is 11.6. The van der Waals surface area contributed by atoms with E-state index in [4.69, 9.17) is 10.5 Å². The normalized spacial score (nSPS) is 10.6. The van der Waals surface area contributed by atoms with Crippen molar-refractivity contribution in [2.75, 3.05) is 7.11 Å². The molecule has 2 aromatic heterocycles. The standard InChI is InChI=1S/C15H15N5O/c1-21-13-6-4-12(5-7-13)20-15(14(9-16)18-19-20)11-3-2-8-17-10-11/h2-8,10H,9,16H2,1H3. The van der Waals surface area contributed by atoms with Crippen LogP contribution < -0.4 is 10.5 Å². The second-order valence-electron chi connectivity index (χ2n) is 4.44. The van der Waals surface area contributed by atoms with Crippen LogP contribution in [-0.4, -0.2) is 27.1 Å². The minimum atomic E-state index is 0.320. The lowest BCUT2D eigenvalue weighted by atomic mass is 10.1. The first-order chi connectivity index (χ1) is 10.3. The Morgan fingerprint density at radius 1 is 1.19 bits per heavy atom. The molecule has 2 heterocycles. The molecule has 0 aliphatic carbocycles. The van der Waals surface area contributed by atoms with Gasteiger partial charge < -0.3 is 10.5 Å². The molecule has 2 N–H and O–H groups in total. The van der Waals surface area contributed by atoms with Gasteiger partial charge in [-0.25, -0.2) is 4.68 Å². The Balaban J connectivity index is 2.12. The van der Waals surface area contributed by atoms with E-state index in [9.17, 15) is 0 Å². The maximum atomic E-state index is 5.77. The van der Waals surface area contributed by atoms with Crippen molar-refractivity contribution >= 4 is 0 Å². The van der Waals surface area contributed by atoms with Crippen molar-refractivity contribution in [3.05, 3.63) is 54.5 Å². The largest absolute Gasteiger partial charge is 0.497 e. The number of hydrogen-bond acceptors (Lipinski definition) is 5. The Morgan fingerprint density at radius 2 is 2.00 bits per heavy atom. The highest BCUT2D eigenvalue weighted by Gasteiger charge is 2.15. The SMILES string of the molecule is COc1ccc(-n2nnc(CN)c2-c2cccnc2)cc1. The molecular weight excluding hydrogens is 266 g/mol. The molecule has 21 heavy (non-hydrogen) atoms. The minimum absolute atomic E-state index is 0.320. The van der Waals surface area contributed by atoms with Crippen LogP contribution in [0.15, 0.2) is 48.8 Å². The number of nitrogens with two attached hydrogens (primary N) is 1. The van der Waals surface area contributed by atoms with Gasteiger partial charge in [-0.2, -0.15) is 0 Å². The number of ether oxygens (including phenoxy) is 1. The van der Waals surface area contributed by atoms with E-state index in [1.165, 1.54) is 0 Å². The molecule has 0 aliphatic heterocycles. The molecule has 6 heteroatoms. The van der Waals surface area contributed by atoms with Crippen LogP contribution in [-0.2, 0) is 6.54 Å². The predicted molar refractivity (Wildman–Crippen MR) is 79.0 cm³/mol. The van der Waals surface area contributed by atoms with Crippen molar-refractivity contribution < 1.29 is 4.74 Å². The topological polar surface area (TPSA) is 78.8 Å². The number of hydrogen-bond donors (Lipinski definition) is 1. The molecule has 0 spiro atoms. The third-order valence-electron chi connectivity index (χ3n) is 3.19. The summed E-state index contributed by atoms with van der Waals surface area (Å²) in [4.78, 5) is 4.15. The first kappa shape index (κ1) is 13.3. The van der Waals surface area contributed by atoms with E-state index in [2.05, 4.69) is 15.3 Å². The summed E-state index contributed by atoms with van der Waals surface area (Å²) in [6.07, 6.45) is 3.50. The molecule has 0 fully saturated rings. The molecule has 0 atom stereocenters. The zero-order valence-corrected chi connectivity index (χ0v) is 11.6. The second kappa shape index (κ2) is 5.72. The van der Waals surface area contributed by atoms with Crippen molar-refractivity contribution in [2.45, 2.75) is 6.54 Å². The Kier molecular flexibility index (Phi) is 3.61. The van der Waals surface area contributed by atoms with Gasteiger partial charge in [-0.15, -0.1) is 5.10 Å². The van der Waals surface area contributed by atoms with Gasteiger partial charge in [0.1, 0.15) is 17.1 Å². The molecule has 0 amide bonds. The summed E-state index contributed by atoms with van der Waals surface area (Å²) in [6.45, 7) is 0.320. The van der Waals surface area contributed by atoms with Crippen molar-refractivity contribution in [3.63, 3.8) is 0 Å². The van der Waals surface area contributed by atoms with Crippen LogP contribution in [0.1, 0.15) is 5.69 Å². The van der Waals surface area contributed by atoms with E-state index in [0.717, 1.165) is 28.4 Å². The number of rotatable bonds is 4. The molecular formula is C15H15N5O. The number of aromatic nitrogens is 4. The molecule has 0 saturated heterocycles. The van der Waals surface area contributed by atoms with Crippen molar-refractivity contribution in [2.24, 2.45) is 5.73 Å². The third-order valence-corrected chi connectivity index (χ3v) is 3.19. The zero-order chi connectivity index (χ0) is 14.7. The van der Waals surface area contributed by atoms with Crippen molar-refractivity contribution in [1.29, 1.82) is 0 Å². The van der Waals surface area contributed by atoms with E-state index in [1.807, 2.05) is 36.4 Å². The molecule has 0 unspecified atom stereocenters. The summed E-state index contributed by atoms with van der Waals surface area (Å²) < 4.78 is 6.93. The van der Waals surface area contributed by atoms with Gasteiger partial charge in [0.2, 0.25) is 0 Å².